The molecule has 0 saturated carbocycles. The zero-order valence-corrected chi connectivity index (χ0v) is 12.3. The van der Waals surface area contributed by atoms with Crippen LogP contribution in [0.4, 0.5) is 0 Å². The minimum absolute atomic E-state index is 0.283. The molecule has 3 rings (SSSR count). The third-order valence-electron chi connectivity index (χ3n) is 3.44. The molecule has 0 aromatic heterocycles. The highest BCUT2D eigenvalue weighted by Gasteiger charge is 2.29. The molecule has 2 nitrogen and oxygen atoms in total. The fourth-order valence-corrected chi connectivity index (χ4v) is 2.96. The Bertz CT molecular complexity index is 662. The van der Waals surface area contributed by atoms with Crippen molar-refractivity contribution >= 4 is 27.8 Å². The van der Waals surface area contributed by atoms with E-state index >= 15 is 0 Å². The number of carbonyl (C=O) groups is 1. The predicted molar refractivity (Wildman–Crippen MR) is 83.0 cm³/mol. The third kappa shape index (κ3) is 2.18. The van der Waals surface area contributed by atoms with E-state index in [1.54, 1.807) is 0 Å². The molecule has 0 bridgehead atoms. The molecule has 1 aliphatic heterocycles. The SMILES string of the molecule is O=CC1C(c2ccccc2)=C(CBr)Oc2ccccc21. The lowest BCUT2D eigenvalue weighted by atomic mass is 9.85. The minimum atomic E-state index is -0.283. The number of carbonyl (C=O) groups excluding carboxylic acids is 1. The molecule has 100 valence electrons. The van der Waals surface area contributed by atoms with Crippen LogP contribution in [-0.4, -0.2) is 11.6 Å². The van der Waals surface area contributed by atoms with Crippen molar-refractivity contribution in [2.75, 3.05) is 5.33 Å². The molecule has 2 aromatic rings. The lowest BCUT2D eigenvalue weighted by Crippen LogP contribution is -2.17. The second-order valence-electron chi connectivity index (χ2n) is 4.59. The van der Waals surface area contributed by atoms with Crippen molar-refractivity contribution in [3.8, 4) is 5.75 Å². The number of hydrogen-bond acceptors (Lipinski definition) is 2. The zero-order chi connectivity index (χ0) is 13.9. The molecule has 0 aliphatic carbocycles. The maximum absolute atomic E-state index is 11.7. The Balaban J connectivity index is 2.19. The second kappa shape index (κ2) is 5.63. The molecule has 0 fully saturated rings. The van der Waals surface area contributed by atoms with Crippen molar-refractivity contribution in [2.45, 2.75) is 5.92 Å². The first kappa shape index (κ1) is 13.1. The van der Waals surface area contributed by atoms with E-state index in [0.29, 0.717) is 5.33 Å². The molecule has 0 amide bonds. The first-order chi connectivity index (χ1) is 9.85. The number of fused-ring (bicyclic) bond motifs is 1. The van der Waals surface area contributed by atoms with E-state index in [0.717, 1.165) is 34.5 Å². The van der Waals surface area contributed by atoms with Crippen LogP contribution >= 0.6 is 15.9 Å². The maximum atomic E-state index is 11.7. The van der Waals surface area contributed by atoms with Gasteiger partial charge in [-0.05, 0) is 11.6 Å². The molecule has 1 heterocycles. The van der Waals surface area contributed by atoms with Gasteiger partial charge >= 0.3 is 0 Å². The summed E-state index contributed by atoms with van der Waals surface area (Å²) in [5.74, 6) is 1.28. The van der Waals surface area contributed by atoms with Crippen molar-refractivity contribution in [3.63, 3.8) is 0 Å². The highest BCUT2D eigenvalue weighted by molar-refractivity contribution is 9.09. The van der Waals surface area contributed by atoms with Gasteiger partial charge in [-0.3, -0.25) is 0 Å². The molecule has 1 aliphatic rings. The molecule has 1 unspecified atom stereocenters. The summed E-state index contributed by atoms with van der Waals surface area (Å²) in [6, 6.07) is 17.6. The maximum Gasteiger partial charge on any atom is 0.132 e. The van der Waals surface area contributed by atoms with Gasteiger partial charge in [0.25, 0.3) is 0 Å². The highest BCUT2D eigenvalue weighted by Crippen LogP contribution is 2.42. The van der Waals surface area contributed by atoms with E-state index in [1.165, 1.54) is 0 Å². The Morgan fingerprint density at radius 1 is 1.05 bits per heavy atom. The number of aldehydes is 1. The predicted octanol–water partition coefficient (Wildman–Crippen LogP) is 4.17. The lowest BCUT2D eigenvalue weighted by Gasteiger charge is -2.27. The molecule has 2 aromatic carbocycles. The minimum Gasteiger partial charge on any atom is -0.460 e. The molecule has 1 atom stereocenters. The number of halogens is 1. The van der Waals surface area contributed by atoms with Crippen LogP contribution in [0, 0.1) is 0 Å². The Morgan fingerprint density at radius 2 is 1.75 bits per heavy atom. The number of alkyl halides is 1. The van der Waals surface area contributed by atoms with E-state index in [-0.39, 0.29) is 5.92 Å². The third-order valence-corrected chi connectivity index (χ3v) is 3.95. The lowest BCUT2D eigenvalue weighted by molar-refractivity contribution is -0.108. The van der Waals surface area contributed by atoms with Gasteiger partial charge in [0.1, 0.15) is 17.8 Å². The summed E-state index contributed by atoms with van der Waals surface area (Å²) in [6.45, 7) is 0. The fourth-order valence-electron chi connectivity index (χ4n) is 2.55. The van der Waals surface area contributed by atoms with Crippen LogP contribution in [0.5, 0.6) is 5.75 Å². The van der Waals surface area contributed by atoms with E-state index in [2.05, 4.69) is 15.9 Å². The first-order valence-corrected chi connectivity index (χ1v) is 7.53. The van der Waals surface area contributed by atoms with E-state index in [9.17, 15) is 4.79 Å². The summed E-state index contributed by atoms with van der Waals surface area (Å²) in [5, 5.41) is 0.579. The van der Waals surface area contributed by atoms with Crippen molar-refractivity contribution in [1.29, 1.82) is 0 Å². The molecular formula is C17H13BrO2. The Morgan fingerprint density at radius 3 is 2.45 bits per heavy atom. The number of hydrogen-bond donors (Lipinski definition) is 0. The zero-order valence-electron chi connectivity index (χ0n) is 10.8. The van der Waals surface area contributed by atoms with Gasteiger partial charge in [0, 0.05) is 11.1 Å². The quantitative estimate of drug-likeness (QED) is 0.624. The summed E-state index contributed by atoms with van der Waals surface area (Å²) in [7, 11) is 0. The van der Waals surface area contributed by atoms with Gasteiger partial charge in [-0.1, -0.05) is 64.5 Å². The Hall–Kier alpha value is -1.87. The van der Waals surface area contributed by atoms with Crippen molar-refractivity contribution in [1.82, 2.24) is 0 Å². The van der Waals surface area contributed by atoms with Crippen LogP contribution in [0.1, 0.15) is 17.0 Å². The van der Waals surface area contributed by atoms with Crippen LogP contribution in [0.15, 0.2) is 60.4 Å². The molecule has 3 heteroatoms. The van der Waals surface area contributed by atoms with Gasteiger partial charge in [0.15, 0.2) is 0 Å². The van der Waals surface area contributed by atoms with Crippen molar-refractivity contribution in [2.24, 2.45) is 0 Å². The van der Waals surface area contributed by atoms with Crippen LogP contribution < -0.4 is 4.74 Å². The van der Waals surface area contributed by atoms with Crippen molar-refractivity contribution < 1.29 is 9.53 Å². The Kier molecular flexibility index (Phi) is 3.70. The topological polar surface area (TPSA) is 26.3 Å². The summed E-state index contributed by atoms with van der Waals surface area (Å²) < 4.78 is 5.95. The summed E-state index contributed by atoms with van der Waals surface area (Å²) in [6.07, 6.45) is 0.992. The van der Waals surface area contributed by atoms with Crippen LogP contribution in [0.25, 0.3) is 5.57 Å². The number of para-hydroxylation sites is 1. The molecule has 20 heavy (non-hydrogen) atoms. The number of allylic oxidation sites excluding steroid dienone is 2. The van der Waals surface area contributed by atoms with Crippen molar-refractivity contribution in [3.05, 3.63) is 71.5 Å². The van der Waals surface area contributed by atoms with Gasteiger partial charge in [0.2, 0.25) is 0 Å². The molecular weight excluding hydrogens is 316 g/mol. The molecule has 0 N–H and O–H groups in total. The largest absolute Gasteiger partial charge is 0.460 e. The highest BCUT2D eigenvalue weighted by atomic mass is 79.9. The second-order valence-corrected chi connectivity index (χ2v) is 5.15. The Labute approximate surface area is 126 Å². The summed E-state index contributed by atoms with van der Waals surface area (Å²) in [5.41, 5.74) is 2.88. The van der Waals surface area contributed by atoms with Gasteiger partial charge < -0.3 is 9.53 Å². The smallest absolute Gasteiger partial charge is 0.132 e. The van der Waals surface area contributed by atoms with E-state index in [4.69, 9.17) is 4.74 Å². The van der Waals surface area contributed by atoms with E-state index in [1.807, 2.05) is 54.6 Å². The summed E-state index contributed by atoms with van der Waals surface area (Å²) >= 11 is 3.46. The fraction of sp³-hybridized carbons (Fsp3) is 0.118. The molecule has 0 saturated heterocycles. The standard InChI is InChI=1S/C17H13BrO2/c18-10-16-17(12-6-2-1-3-7-12)14(11-19)13-8-4-5-9-15(13)20-16/h1-9,11,14H,10H2. The number of rotatable bonds is 3. The van der Waals surface area contributed by atoms with Gasteiger partial charge in [-0.15, -0.1) is 0 Å². The van der Waals surface area contributed by atoms with Gasteiger partial charge in [-0.25, -0.2) is 0 Å². The first-order valence-electron chi connectivity index (χ1n) is 6.41. The summed E-state index contributed by atoms with van der Waals surface area (Å²) in [4.78, 5) is 11.7. The molecule has 0 radical (unpaired) electrons. The number of ether oxygens (including phenoxy) is 1. The number of benzene rings is 2. The van der Waals surface area contributed by atoms with Gasteiger partial charge in [-0.2, -0.15) is 0 Å². The van der Waals surface area contributed by atoms with Crippen LogP contribution in [-0.2, 0) is 4.79 Å². The van der Waals surface area contributed by atoms with Crippen LogP contribution in [0.3, 0.4) is 0 Å². The van der Waals surface area contributed by atoms with Crippen LogP contribution in [0.2, 0.25) is 0 Å². The average molecular weight is 329 g/mol. The van der Waals surface area contributed by atoms with E-state index < -0.39 is 0 Å². The van der Waals surface area contributed by atoms with Gasteiger partial charge in [0.05, 0.1) is 11.2 Å². The molecule has 0 spiro atoms. The normalized spacial score (nSPS) is 17.4. The monoisotopic (exact) mass is 328 g/mol. The average Bonchev–Trinajstić information content (AvgIpc) is 2.53.